The first-order valence-corrected chi connectivity index (χ1v) is 7.09. The van der Waals surface area contributed by atoms with E-state index in [1.807, 2.05) is 0 Å². The summed E-state index contributed by atoms with van der Waals surface area (Å²) in [5, 5.41) is 3.44. The van der Waals surface area contributed by atoms with Crippen molar-refractivity contribution in [2.45, 2.75) is 37.8 Å². The Bertz CT molecular complexity index is 321. The van der Waals surface area contributed by atoms with Crippen LogP contribution in [-0.2, 0) is 9.84 Å². The Hall–Kier alpha value is -0.350. The normalized spacial score (nSPS) is 36.0. The van der Waals surface area contributed by atoms with Gasteiger partial charge in [-0.2, -0.15) is 0 Å². The number of rotatable bonds is 2. The molecule has 2 atom stereocenters. The SMILES string of the molecule is O=S1(=O)CCC(NC2CC=CCC2)C1. The molecule has 0 saturated carbocycles. The highest BCUT2D eigenvalue weighted by Gasteiger charge is 2.29. The Morgan fingerprint density at radius 2 is 2.00 bits per heavy atom. The van der Waals surface area contributed by atoms with Crippen LogP contribution < -0.4 is 5.32 Å². The highest BCUT2D eigenvalue weighted by Crippen LogP contribution is 2.16. The van der Waals surface area contributed by atoms with E-state index in [1.165, 1.54) is 0 Å². The summed E-state index contributed by atoms with van der Waals surface area (Å²) < 4.78 is 22.5. The lowest BCUT2D eigenvalue weighted by atomic mass is 10.0. The molecule has 1 aliphatic carbocycles. The summed E-state index contributed by atoms with van der Waals surface area (Å²) >= 11 is 0. The van der Waals surface area contributed by atoms with Crippen LogP contribution in [0.2, 0.25) is 0 Å². The zero-order valence-corrected chi connectivity index (χ0v) is 9.09. The molecular formula is C10H17NO2S. The van der Waals surface area contributed by atoms with Crippen LogP contribution in [0.15, 0.2) is 12.2 Å². The Balaban J connectivity index is 1.84. The molecule has 2 unspecified atom stereocenters. The molecule has 3 nitrogen and oxygen atoms in total. The maximum Gasteiger partial charge on any atom is 0.151 e. The predicted molar refractivity (Wildman–Crippen MR) is 57.0 cm³/mol. The van der Waals surface area contributed by atoms with Crippen LogP contribution in [0.1, 0.15) is 25.7 Å². The van der Waals surface area contributed by atoms with Crippen molar-refractivity contribution in [3.8, 4) is 0 Å². The summed E-state index contributed by atoms with van der Waals surface area (Å²) in [5.41, 5.74) is 0. The van der Waals surface area contributed by atoms with Gasteiger partial charge in [0.15, 0.2) is 9.84 Å². The van der Waals surface area contributed by atoms with E-state index in [1.54, 1.807) is 0 Å². The van der Waals surface area contributed by atoms with Crippen LogP contribution in [0.25, 0.3) is 0 Å². The van der Waals surface area contributed by atoms with Crippen LogP contribution in [0.5, 0.6) is 0 Å². The zero-order chi connectivity index (χ0) is 10.0. The predicted octanol–water partition coefficient (Wildman–Crippen LogP) is 0.872. The number of sulfone groups is 1. The van der Waals surface area contributed by atoms with Gasteiger partial charge < -0.3 is 5.32 Å². The first kappa shape index (κ1) is 10.2. The number of nitrogens with one attached hydrogen (secondary N) is 1. The second-order valence-electron chi connectivity index (χ2n) is 4.25. The molecule has 0 radical (unpaired) electrons. The van der Waals surface area contributed by atoms with Crippen molar-refractivity contribution >= 4 is 9.84 Å². The van der Waals surface area contributed by atoms with E-state index in [0.717, 1.165) is 25.7 Å². The molecule has 80 valence electrons. The highest BCUT2D eigenvalue weighted by atomic mass is 32.2. The summed E-state index contributed by atoms with van der Waals surface area (Å²) in [6.07, 6.45) is 8.50. The van der Waals surface area contributed by atoms with Gasteiger partial charge in [-0.25, -0.2) is 8.42 Å². The molecule has 4 heteroatoms. The van der Waals surface area contributed by atoms with Crippen molar-refractivity contribution in [1.29, 1.82) is 0 Å². The van der Waals surface area contributed by atoms with Crippen molar-refractivity contribution in [3.05, 3.63) is 12.2 Å². The van der Waals surface area contributed by atoms with E-state index in [4.69, 9.17) is 0 Å². The molecule has 1 N–H and O–H groups in total. The molecule has 1 aliphatic heterocycles. The van der Waals surface area contributed by atoms with Crippen molar-refractivity contribution in [1.82, 2.24) is 5.32 Å². The van der Waals surface area contributed by atoms with E-state index in [0.29, 0.717) is 17.5 Å². The van der Waals surface area contributed by atoms with Gasteiger partial charge in [0.05, 0.1) is 11.5 Å². The van der Waals surface area contributed by atoms with Crippen molar-refractivity contribution in [3.63, 3.8) is 0 Å². The van der Waals surface area contributed by atoms with Gasteiger partial charge in [-0.3, -0.25) is 0 Å². The van der Waals surface area contributed by atoms with Crippen LogP contribution in [0.4, 0.5) is 0 Å². The van der Waals surface area contributed by atoms with Gasteiger partial charge in [0.2, 0.25) is 0 Å². The third-order valence-electron chi connectivity index (χ3n) is 2.97. The summed E-state index contributed by atoms with van der Waals surface area (Å²) in [7, 11) is -2.73. The molecule has 0 aromatic heterocycles. The van der Waals surface area contributed by atoms with Gasteiger partial charge in [-0.1, -0.05) is 12.2 Å². The largest absolute Gasteiger partial charge is 0.310 e. The minimum absolute atomic E-state index is 0.205. The second-order valence-corrected chi connectivity index (χ2v) is 6.48. The summed E-state index contributed by atoms with van der Waals surface area (Å²) in [4.78, 5) is 0. The molecule has 0 aromatic rings. The average molecular weight is 215 g/mol. The van der Waals surface area contributed by atoms with Crippen LogP contribution in [0, 0.1) is 0 Å². The van der Waals surface area contributed by atoms with Gasteiger partial charge in [0.1, 0.15) is 0 Å². The molecule has 0 amide bonds. The highest BCUT2D eigenvalue weighted by molar-refractivity contribution is 7.91. The third-order valence-corrected chi connectivity index (χ3v) is 4.74. The van der Waals surface area contributed by atoms with E-state index in [9.17, 15) is 8.42 Å². The van der Waals surface area contributed by atoms with Gasteiger partial charge in [0.25, 0.3) is 0 Å². The van der Waals surface area contributed by atoms with Crippen molar-refractivity contribution in [2.24, 2.45) is 0 Å². The fraction of sp³-hybridized carbons (Fsp3) is 0.800. The Morgan fingerprint density at radius 3 is 2.57 bits per heavy atom. The standard InChI is InChI=1S/C10H17NO2S/c12-14(13)7-6-10(8-14)11-9-4-2-1-3-5-9/h1-2,9-11H,3-8H2. The summed E-state index contributed by atoms with van der Waals surface area (Å²) in [6, 6.07) is 0.704. The van der Waals surface area contributed by atoms with Gasteiger partial charge >= 0.3 is 0 Å². The molecule has 1 saturated heterocycles. The maximum absolute atomic E-state index is 11.2. The van der Waals surface area contributed by atoms with Crippen LogP contribution in [-0.4, -0.2) is 32.0 Å². The molecule has 2 rings (SSSR count). The monoisotopic (exact) mass is 215 g/mol. The average Bonchev–Trinajstić information content (AvgIpc) is 2.47. The topological polar surface area (TPSA) is 46.2 Å². The maximum atomic E-state index is 11.2. The zero-order valence-electron chi connectivity index (χ0n) is 8.28. The number of hydrogen-bond acceptors (Lipinski definition) is 3. The van der Waals surface area contributed by atoms with Crippen LogP contribution in [0.3, 0.4) is 0 Å². The van der Waals surface area contributed by atoms with Gasteiger partial charge in [-0.05, 0) is 25.7 Å². The minimum atomic E-state index is -2.73. The fourth-order valence-electron chi connectivity index (χ4n) is 2.20. The molecule has 0 spiro atoms. The van der Waals surface area contributed by atoms with Crippen molar-refractivity contribution in [2.75, 3.05) is 11.5 Å². The summed E-state index contributed by atoms with van der Waals surface area (Å²) in [5.74, 6) is 0.709. The quantitative estimate of drug-likeness (QED) is 0.695. The molecule has 0 bridgehead atoms. The Labute approximate surface area is 85.5 Å². The van der Waals surface area contributed by atoms with E-state index in [-0.39, 0.29) is 6.04 Å². The number of allylic oxidation sites excluding steroid dienone is 1. The van der Waals surface area contributed by atoms with E-state index >= 15 is 0 Å². The van der Waals surface area contributed by atoms with Gasteiger partial charge in [0, 0.05) is 12.1 Å². The number of hydrogen-bond donors (Lipinski definition) is 1. The fourth-order valence-corrected chi connectivity index (χ4v) is 3.89. The van der Waals surface area contributed by atoms with Crippen LogP contribution >= 0.6 is 0 Å². The van der Waals surface area contributed by atoms with E-state index in [2.05, 4.69) is 17.5 Å². The lowest BCUT2D eigenvalue weighted by molar-refractivity contribution is 0.422. The first-order chi connectivity index (χ1) is 6.66. The third kappa shape index (κ3) is 2.58. The Kier molecular flexibility index (Phi) is 2.93. The lowest BCUT2D eigenvalue weighted by Gasteiger charge is -2.22. The summed E-state index contributed by atoms with van der Waals surface area (Å²) in [6.45, 7) is 0. The van der Waals surface area contributed by atoms with E-state index < -0.39 is 9.84 Å². The first-order valence-electron chi connectivity index (χ1n) is 5.27. The molecule has 1 heterocycles. The Morgan fingerprint density at radius 1 is 1.14 bits per heavy atom. The molecule has 0 aromatic carbocycles. The molecule has 1 fully saturated rings. The second kappa shape index (κ2) is 4.03. The molecule has 14 heavy (non-hydrogen) atoms. The lowest BCUT2D eigenvalue weighted by Crippen LogP contribution is -2.39. The van der Waals surface area contributed by atoms with Gasteiger partial charge in [-0.15, -0.1) is 0 Å². The molecular weight excluding hydrogens is 198 g/mol. The smallest absolute Gasteiger partial charge is 0.151 e. The molecule has 2 aliphatic rings. The minimum Gasteiger partial charge on any atom is -0.310 e. The van der Waals surface area contributed by atoms with Crippen molar-refractivity contribution < 1.29 is 8.42 Å².